The lowest BCUT2D eigenvalue weighted by Gasteiger charge is -2.36. The zero-order valence-corrected chi connectivity index (χ0v) is 22.8. The van der Waals surface area contributed by atoms with Crippen molar-refractivity contribution >= 4 is 44.1 Å². The Morgan fingerprint density at radius 3 is 2.74 bits per heavy atom. The molecule has 5 aromatic heterocycles. The second kappa shape index (κ2) is 10.7. The molecule has 1 aliphatic heterocycles. The number of rotatable bonds is 8. The van der Waals surface area contributed by atoms with Gasteiger partial charge in [-0.1, -0.05) is 0 Å². The number of hydrogen-bond donors (Lipinski definition) is 3. The van der Waals surface area contributed by atoms with Crippen LogP contribution in [0.2, 0.25) is 0 Å². The number of ether oxygens (including phenoxy) is 2. The van der Waals surface area contributed by atoms with E-state index in [0.29, 0.717) is 36.1 Å². The van der Waals surface area contributed by atoms with Gasteiger partial charge in [0, 0.05) is 38.2 Å². The molecule has 0 bridgehead atoms. The predicted molar refractivity (Wildman–Crippen MR) is 152 cm³/mol. The van der Waals surface area contributed by atoms with Gasteiger partial charge in [0.2, 0.25) is 0 Å². The van der Waals surface area contributed by atoms with Crippen molar-refractivity contribution in [1.29, 1.82) is 0 Å². The van der Waals surface area contributed by atoms with E-state index in [0.717, 1.165) is 40.2 Å². The van der Waals surface area contributed by atoms with Gasteiger partial charge in [-0.15, -0.1) is 11.3 Å². The number of anilines is 2. The molecule has 3 atom stereocenters. The maximum atomic E-state index is 13.5. The van der Waals surface area contributed by atoms with Gasteiger partial charge < -0.3 is 29.7 Å². The lowest BCUT2D eigenvalue weighted by Crippen LogP contribution is -2.45. The summed E-state index contributed by atoms with van der Waals surface area (Å²) >= 11 is 1.53. The van der Waals surface area contributed by atoms with Crippen LogP contribution in [0.15, 0.2) is 47.0 Å². The summed E-state index contributed by atoms with van der Waals surface area (Å²) in [5, 5.41) is 5.48. The van der Waals surface area contributed by atoms with Gasteiger partial charge in [-0.3, -0.25) is 4.79 Å². The van der Waals surface area contributed by atoms with Crippen molar-refractivity contribution in [1.82, 2.24) is 29.9 Å². The highest BCUT2D eigenvalue weighted by Gasteiger charge is 2.25. The van der Waals surface area contributed by atoms with Crippen LogP contribution in [0.5, 0.6) is 0 Å². The van der Waals surface area contributed by atoms with Gasteiger partial charge in [-0.2, -0.15) is 0 Å². The Bertz CT molecular complexity index is 1640. The van der Waals surface area contributed by atoms with Crippen molar-refractivity contribution in [2.24, 2.45) is 0 Å². The Hall–Kier alpha value is -3.87. The van der Waals surface area contributed by atoms with Crippen molar-refractivity contribution in [2.75, 3.05) is 36.5 Å². The van der Waals surface area contributed by atoms with Crippen LogP contribution in [0.3, 0.4) is 0 Å². The second-order valence-corrected chi connectivity index (χ2v) is 10.6. The third kappa shape index (κ3) is 5.10. The van der Waals surface area contributed by atoms with Crippen LogP contribution in [0.25, 0.3) is 32.6 Å². The fourth-order valence-corrected chi connectivity index (χ4v) is 5.88. The zero-order chi connectivity index (χ0) is 26.9. The standard InChI is InChI=1S/C27H30N8O3S/c1-4-37-14-20(25-28-7-5-8-29-25)31-23-22(27(36)34-17-6-9-39-24(17)23)26-32-18-10-21(30-11-19(18)33-26)35-12-15(2)38-16(3)13-35/h5-11,15-16,20H,4,12-14H2,1-3H3,(H,32,33)(H2,31,34,36)/t15-,16+,20-/m1/s1. The lowest BCUT2D eigenvalue weighted by atomic mass is 10.1. The normalized spacial score (nSPS) is 18.6. The SMILES string of the molecule is CCOC[C@@H](Nc1c(-c2nc3cc(N4C[C@@H](C)O[C@@H](C)C4)ncc3[nH]2)c(=O)[nH]c2ccsc12)c1ncccn1. The van der Waals surface area contributed by atoms with Crippen LogP contribution >= 0.6 is 11.3 Å². The van der Waals surface area contributed by atoms with Gasteiger partial charge in [0.1, 0.15) is 23.2 Å². The third-order valence-corrected chi connectivity index (χ3v) is 7.59. The van der Waals surface area contributed by atoms with E-state index >= 15 is 0 Å². The van der Waals surface area contributed by atoms with Crippen LogP contribution < -0.4 is 15.8 Å². The number of morpholine rings is 1. The molecule has 0 unspecified atom stereocenters. The second-order valence-electron chi connectivity index (χ2n) is 9.64. The topological polar surface area (TPSA) is 134 Å². The molecular weight excluding hydrogens is 516 g/mol. The van der Waals surface area contributed by atoms with Gasteiger partial charge in [0.15, 0.2) is 5.82 Å². The number of aromatic nitrogens is 6. The van der Waals surface area contributed by atoms with Crippen molar-refractivity contribution in [3.63, 3.8) is 0 Å². The smallest absolute Gasteiger partial charge is 0.261 e. The maximum Gasteiger partial charge on any atom is 0.261 e. The fraction of sp³-hybridized carbons (Fsp3) is 0.370. The molecule has 5 aromatic rings. The lowest BCUT2D eigenvalue weighted by molar-refractivity contribution is -0.00545. The molecule has 0 amide bonds. The Morgan fingerprint density at radius 1 is 1.18 bits per heavy atom. The predicted octanol–water partition coefficient (Wildman–Crippen LogP) is 4.12. The molecule has 39 heavy (non-hydrogen) atoms. The molecule has 0 aromatic carbocycles. The summed E-state index contributed by atoms with van der Waals surface area (Å²) in [7, 11) is 0. The molecule has 3 N–H and O–H groups in total. The zero-order valence-electron chi connectivity index (χ0n) is 22.0. The van der Waals surface area contributed by atoms with Gasteiger partial charge >= 0.3 is 0 Å². The first-order valence-electron chi connectivity index (χ1n) is 13.0. The average Bonchev–Trinajstić information content (AvgIpc) is 3.57. The molecular formula is C27H30N8O3S. The summed E-state index contributed by atoms with van der Waals surface area (Å²) in [6.07, 6.45) is 5.39. The van der Waals surface area contributed by atoms with E-state index in [-0.39, 0.29) is 23.8 Å². The molecule has 0 spiro atoms. The van der Waals surface area contributed by atoms with Gasteiger partial charge in [-0.05, 0) is 38.3 Å². The summed E-state index contributed by atoms with van der Waals surface area (Å²) in [5.41, 5.74) is 3.04. The molecule has 0 radical (unpaired) electrons. The average molecular weight is 547 g/mol. The first kappa shape index (κ1) is 25.4. The van der Waals surface area contributed by atoms with E-state index < -0.39 is 0 Å². The highest BCUT2D eigenvalue weighted by Crippen LogP contribution is 2.36. The Balaban J connectivity index is 1.43. The number of pyridine rings is 2. The van der Waals surface area contributed by atoms with Crippen molar-refractivity contribution in [2.45, 2.75) is 39.0 Å². The summed E-state index contributed by atoms with van der Waals surface area (Å²) < 4.78 is 12.5. The molecule has 6 heterocycles. The van der Waals surface area contributed by atoms with Crippen LogP contribution in [-0.4, -0.2) is 68.4 Å². The molecule has 1 saturated heterocycles. The van der Waals surface area contributed by atoms with Crippen LogP contribution in [0.4, 0.5) is 11.5 Å². The third-order valence-electron chi connectivity index (χ3n) is 6.66. The monoisotopic (exact) mass is 546 g/mol. The number of thiophene rings is 1. The Morgan fingerprint density at radius 2 is 1.97 bits per heavy atom. The Kier molecular flexibility index (Phi) is 6.98. The number of hydrogen-bond acceptors (Lipinski definition) is 10. The summed E-state index contributed by atoms with van der Waals surface area (Å²) in [5.74, 6) is 1.87. The Labute approximate surface area is 228 Å². The van der Waals surface area contributed by atoms with Crippen LogP contribution in [0.1, 0.15) is 32.6 Å². The summed E-state index contributed by atoms with van der Waals surface area (Å²) in [6, 6.07) is 5.25. The quantitative estimate of drug-likeness (QED) is 0.263. The van der Waals surface area contributed by atoms with Crippen molar-refractivity contribution < 1.29 is 9.47 Å². The van der Waals surface area contributed by atoms with Crippen LogP contribution in [0, 0.1) is 0 Å². The summed E-state index contributed by atoms with van der Waals surface area (Å²) in [4.78, 5) is 40.5. The minimum atomic E-state index is -0.375. The number of H-pyrrole nitrogens is 2. The molecule has 1 aliphatic rings. The fourth-order valence-electron chi connectivity index (χ4n) is 5.01. The van der Waals surface area contributed by atoms with E-state index in [9.17, 15) is 4.79 Å². The first-order valence-corrected chi connectivity index (χ1v) is 13.9. The molecule has 0 saturated carbocycles. The minimum absolute atomic E-state index is 0.115. The molecule has 12 heteroatoms. The van der Waals surface area contributed by atoms with Gasteiger partial charge in [-0.25, -0.2) is 19.9 Å². The van der Waals surface area contributed by atoms with Gasteiger partial charge in [0.25, 0.3) is 5.56 Å². The number of nitrogens with one attached hydrogen (secondary N) is 3. The van der Waals surface area contributed by atoms with E-state index in [2.05, 4.69) is 49.0 Å². The molecule has 6 rings (SSSR count). The molecule has 202 valence electrons. The number of nitrogens with zero attached hydrogens (tertiary/aromatic N) is 5. The van der Waals surface area contributed by atoms with Crippen molar-refractivity contribution in [3.05, 3.63) is 58.3 Å². The maximum absolute atomic E-state index is 13.5. The van der Waals surface area contributed by atoms with E-state index in [1.165, 1.54) is 11.3 Å². The van der Waals surface area contributed by atoms with Gasteiger partial charge in [0.05, 0.1) is 51.9 Å². The van der Waals surface area contributed by atoms with E-state index in [1.54, 1.807) is 24.7 Å². The van der Waals surface area contributed by atoms with Crippen molar-refractivity contribution in [3.8, 4) is 11.4 Å². The largest absolute Gasteiger partial charge is 0.379 e. The molecule has 0 aliphatic carbocycles. The summed E-state index contributed by atoms with van der Waals surface area (Å²) in [6.45, 7) is 8.46. The van der Waals surface area contributed by atoms with E-state index in [1.807, 2.05) is 24.4 Å². The number of fused-ring (bicyclic) bond motifs is 2. The number of imidazole rings is 1. The number of aromatic amines is 2. The first-order chi connectivity index (χ1) is 19.0. The molecule has 1 fully saturated rings. The van der Waals surface area contributed by atoms with E-state index in [4.69, 9.17) is 14.5 Å². The highest BCUT2D eigenvalue weighted by molar-refractivity contribution is 7.17. The minimum Gasteiger partial charge on any atom is -0.379 e. The highest BCUT2D eigenvalue weighted by atomic mass is 32.1. The molecule has 11 nitrogen and oxygen atoms in total. The van der Waals surface area contributed by atoms with Crippen LogP contribution in [-0.2, 0) is 9.47 Å².